The number of nitrogens with one attached hydrogen (secondary N) is 1. The van der Waals surface area contributed by atoms with Crippen LogP contribution in [-0.4, -0.2) is 17.8 Å². The molecule has 0 atom stereocenters. The van der Waals surface area contributed by atoms with Crippen molar-refractivity contribution in [1.82, 2.24) is 5.32 Å². The van der Waals surface area contributed by atoms with Gasteiger partial charge in [0.25, 0.3) is 0 Å². The Bertz CT molecular complexity index is 94.1. The Kier molecular flexibility index (Phi) is 7.91. The fraction of sp³-hybridized carbons (Fsp3) is 1.00. The van der Waals surface area contributed by atoms with E-state index in [2.05, 4.69) is 45.6 Å². The summed E-state index contributed by atoms with van der Waals surface area (Å²) >= 11 is 4.14. The molecule has 0 aromatic heterocycles. The Morgan fingerprint density at radius 2 is 1.82 bits per heavy atom. The topological polar surface area (TPSA) is 12.0 Å². The summed E-state index contributed by atoms with van der Waals surface area (Å²) in [5.41, 5.74) is 0.253. The number of rotatable bonds is 4. The fourth-order valence-corrected chi connectivity index (χ4v) is 0.694. The third-order valence-corrected chi connectivity index (χ3v) is 2.36. The van der Waals surface area contributed by atoms with E-state index in [1.807, 2.05) is 0 Å². The lowest BCUT2D eigenvalue weighted by Gasteiger charge is -2.30. The highest BCUT2D eigenvalue weighted by atomic mass is 35.5. The second kappa shape index (κ2) is 6.15. The van der Waals surface area contributed by atoms with Gasteiger partial charge in [0, 0.05) is 17.8 Å². The van der Waals surface area contributed by atoms with E-state index in [-0.39, 0.29) is 17.9 Å². The van der Waals surface area contributed by atoms with Gasteiger partial charge in [-0.05, 0) is 19.8 Å². The fourth-order valence-electron chi connectivity index (χ4n) is 0.582. The molecule has 70 valence electrons. The molecule has 0 unspecified atom stereocenters. The van der Waals surface area contributed by atoms with Gasteiger partial charge in [0.2, 0.25) is 0 Å². The van der Waals surface area contributed by atoms with E-state index < -0.39 is 0 Å². The number of thiol groups is 1. The molecule has 0 saturated carbocycles. The zero-order valence-corrected chi connectivity index (χ0v) is 9.56. The third kappa shape index (κ3) is 5.83. The van der Waals surface area contributed by atoms with Crippen LogP contribution in [0.1, 0.15) is 27.7 Å². The molecule has 0 heterocycles. The second-order valence-electron chi connectivity index (χ2n) is 3.53. The standard InChI is InChI=1S/C8H19NS.ClH/c1-7(2)8(3,4)9-5-6-10;/h7,9-10H,5-6H2,1-4H3;1H. The maximum atomic E-state index is 4.14. The maximum absolute atomic E-state index is 4.14. The van der Waals surface area contributed by atoms with Gasteiger partial charge in [-0.15, -0.1) is 12.4 Å². The summed E-state index contributed by atoms with van der Waals surface area (Å²) in [5, 5.41) is 3.43. The molecular formula is C8H20ClNS. The van der Waals surface area contributed by atoms with Gasteiger partial charge < -0.3 is 5.32 Å². The van der Waals surface area contributed by atoms with Crippen molar-refractivity contribution < 1.29 is 0 Å². The van der Waals surface area contributed by atoms with Crippen molar-refractivity contribution in [2.45, 2.75) is 33.2 Å². The molecule has 1 nitrogen and oxygen atoms in total. The first kappa shape index (κ1) is 14.1. The molecule has 0 saturated heterocycles. The summed E-state index contributed by atoms with van der Waals surface area (Å²) in [6.07, 6.45) is 0. The van der Waals surface area contributed by atoms with Crippen LogP contribution in [0.3, 0.4) is 0 Å². The predicted octanol–water partition coefficient (Wildman–Crippen LogP) is 2.36. The van der Waals surface area contributed by atoms with Crippen molar-refractivity contribution in [3.8, 4) is 0 Å². The van der Waals surface area contributed by atoms with Crippen molar-refractivity contribution in [3.05, 3.63) is 0 Å². The average molecular weight is 198 g/mol. The molecule has 0 spiro atoms. The third-order valence-electron chi connectivity index (χ3n) is 2.14. The highest BCUT2D eigenvalue weighted by Gasteiger charge is 2.19. The quantitative estimate of drug-likeness (QED) is 0.660. The molecule has 0 aliphatic carbocycles. The van der Waals surface area contributed by atoms with E-state index in [1.165, 1.54) is 0 Å². The minimum Gasteiger partial charge on any atom is -0.311 e. The van der Waals surface area contributed by atoms with Crippen LogP contribution in [-0.2, 0) is 0 Å². The highest BCUT2D eigenvalue weighted by molar-refractivity contribution is 7.80. The molecule has 11 heavy (non-hydrogen) atoms. The van der Waals surface area contributed by atoms with E-state index in [1.54, 1.807) is 0 Å². The molecular weight excluding hydrogens is 178 g/mol. The zero-order valence-electron chi connectivity index (χ0n) is 7.85. The monoisotopic (exact) mass is 197 g/mol. The van der Waals surface area contributed by atoms with Crippen molar-refractivity contribution in [1.29, 1.82) is 0 Å². The zero-order chi connectivity index (χ0) is 8.20. The van der Waals surface area contributed by atoms with Crippen LogP contribution in [0.2, 0.25) is 0 Å². The van der Waals surface area contributed by atoms with Crippen LogP contribution in [0.15, 0.2) is 0 Å². The lowest BCUT2D eigenvalue weighted by atomic mass is 9.91. The van der Waals surface area contributed by atoms with Crippen LogP contribution < -0.4 is 5.32 Å². The molecule has 0 rings (SSSR count). The van der Waals surface area contributed by atoms with Crippen LogP contribution in [0.4, 0.5) is 0 Å². The van der Waals surface area contributed by atoms with Gasteiger partial charge in [-0.2, -0.15) is 12.6 Å². The highest BCUT2D eigenvalue weighted by Crippen LogP contribution is 2.14. The molecule has 0 aliphatic rings. The Balaban J connectivity index is 0. The Morgan fingerprint density at radius 3 is 2.09 bits per heavy atom. The first-order chi connectivity index (χ1) is 4.50. The van der Waals surface area contributed by atoms with E-state index in [0.29, 0.717) is 5.92 Å². The smallest absolute Gasteiger partial charge is 0.0148 e. The Hall–Kier alpha value is 0.600. The first-order valence-corrected chi connectivity index (χ1v) is 4.50. The lowest BCUT2D eigenvalue weighted by molar-refractivity contribution is 0.295. The summed E-state index contributed by atoms with van der Waals surface area (Å²) in [5.74, 6) is 1.59. The summed E-state index contributed by atoms with van der Waals surface area (Å²) < 4.78 is 0. The SMILES string of the molecule is CC(C)C(C)(C)NCCS.Cl. The number of hydrogen-bond donors (Lipinski definition) is 2. The van der Waals surface area contributed by atoms with Gasteiger partial charge >= 0.3 is 0 Å². The van der Waals surface area contributed by atoms with E-state index in [4.69, 9.17) is 0 Å². The van der Waals surface area contributed by atoms with Gasteiger partial charge in [-0.1, -0.05) is 13.8 Å². The summed E-state index contributed by atoms with van der Waals surface area (Å²) in [6.45, 7) is 9.90. The molecule has 0 aliphatic heterocycles. The minimum atomic E-state index is 0. The molecule has 0 radical (unpaired) electrons. The van der Waals surface area contributed by atoms with Crippen molar-refractivity contribution in [3.63, 3.8) is 0 Å². The molecule has 0 fully saturated rings. The molecule has 0 bridgehead atoms. The Labute approximate surface area is 82.2 Å². The van der Waals surface area contributed by atoms with Gasteiger partial charge in [0.1, 0.15) is 0 Å². The van der Waals surface area contributed by atoms with Gasteiger partial charge in [-0.3, -0.25) is 0 Å². The molecule has 0 aromatic rings. The molecule has 0 aromatic carbocycles. The van der Waals surface area contributed by atoms with E-state index in [0.717, 1.165) is 12.3 Å². The average Bonchev–Trinajstić information content (AvgIpc) is 1.84. The predicted molar refractivity (Wildman–Crippen MR) is 58.0 cm³/mol. The minimum absolute atomic E-state index is 0. The van der Waals surface area contributed by atoms with Crippen molar-refractivity contribution >= 4 is 25.0 Å². The van der Waals surface area contributed by atoms with Crippen LogP contribution >= 0.6 is 25.0 Å². The summed E-state index contributed by atoms with van der Waals surface area (Å²) in [7, 11) is 0. The van der Waals surface area contributed by atoms with Crippen molar-refractivity contribution in [2.24, 2.45) is 5.92 Å². The second-order valence-corrected chi connectivity index (χ2v) is 3.97. The van der Waals surface area contributed by atoms with Gasteiger partial charge in [0.05, 0.1) is 0 Å². The number of hydrogen-bond acceptors (Lipinski definition) is 2. The molecule has 3 heteroatoms. The largest absolute Gasteiger partial charge is 0.311 e. The number of halogens is 1. The normalized spacial score (nSPS) is 11.5. The lowest BCUT2D eigenvalue weighted by Crippen LogP contribution is -2.44. The van der Waals surface area contributed by atoms with E-state index >= 15 is 0 Å². The molecule has 1 N–H and O–H groups in total. The maximum Gasteiger partial charge on any atom is 0.0148 e. The summed E-state index contributed by atoms with van der Waals surface area (Å²) in [4.78, 5) is 0. The van der Waals surface area contributed by atoms with Crippen LogP contribution in [0.5, 0.6) is 0 Å². The van der Waals surface area contributed by atoms with Crippen LogP contribution in [0, 0.1) is 5.92 Å². The molecule has 0 amide bonds. The van der Waals surface area contributed by atoms with Gasteiger partial charge in [-0.25, -0.2) is 0 Å². The Morgan fingerprint density at radius 1 is 1.36 bits per heavy atom. The van der Waals surface area contributed by atoms with Crippen LogP contribution in [0.25, 0.3) is 0 Å². The first-order valence-electron chi connectivity index (χ1n) is 3.86. The summed E-state index contributed by atoms with van der Waals surface area (Å²) in [6, 6.07) is 0. The van der Waals surface area contributed by atoms with Crippen molar-refractivity contribution in [2.75, 3.05) is 12.3 Å². The van der Waals surface area contributed by atoms with E-state index in [9.17, 15) is 0 Å². The van der Waals surface area contributed by atoms with Gasteiger partial charge in [0.15, 0.2) is 0 Å².